The molecule has 1 aliphatic rings. The molecule has 5 atom stereocenters. The summed E-state index contributed by atoms with van der Waals surface area (Å²) in [6.45, 7) is 11.8. The molecule has 2 N–H and O–H groups in total. The summed E-state index contributed by atoms with van der Waals surface area (Å²) >= 11 is 0. The molecule has 1 aliphatic heterocycles. The number of ether oxygens (including phenoxy) is 1. The van der Waals surface area contributed by atoms with Gasteiger partial charge in [0.2, 0.25) is 11.8 Å². The van der Waals surface area contributed by atoms with Gasteiger partial charge in [-0.15, -0.1) is 0 Å². The molecule has 1 heterocycles. The van der Waals surface area contributed by atoms with Gasteiger partial charge in [0, 0.05) is 32.6 Å². The number of likely N-dealkylation sites (tertiary alicyclic amines) is 1. The summed E-state index contributed by atoms with van der Waals surface area (Å²) in [5.41, 5.74) is 0.546. The van der Waals surface area contributed by atoms with Gasteiger partial charge in [-0.3, -0.25) is 19.3 Å². The number of esters is 1. The van der Waals surface area contributed by atoms with Crippen molar-refractivity contribution in [2.24, 2.45) is 11.8 Å². The second-order valence-electron chi connectivity index (χ2n) is 10.5. The number of nitrogens with one attached hydrogen (secondary N) is 2. The standard InChI is InChI=1S/C27H43N3O4/c1-8-12-22(18(2)29-19(3)31)23(15-20-13-10-9-11-14-20)30-17-21(25(32)28-7)16-24(30)26(33)34-27(4,5)6/h9-11,13-14,18,21-24H,8,12,15-17H2,1-7H3,(H,28,32)(H,29,31)/t18?,21?,22-,23-,24?/m0/s1. The number of rotatable bonds is 10. The largest absolute Gasteiger partial charge is 0.459 e. The summed E-state index contributed by atoms with van der Waals surface area (Å²) in [5.74, 6) is -0.613. The Labute approximate surface area is 205 Å². The maximum atomic E-state index is 13.3. The third-order valence-corrected chi connectivity index (χ3v) is 6.54. The van der Waals surface area contributed by atoms with E-state index in [1.54, 1.807) is 7.05 Å². The first-order valence-corrected chi connectivity index (χ1v) is 12.5. The topological polar surface area (TPSA) is 87.7 Å². The number of hydrogen-bond donors (Lipinski definition) is 2. The quantitative estimate of drug-likeness (QED) is 0.509. The number of hydrogen-bond acceptors (Lipinski definition) is 5. The number of carbonyl (C=O) groups excluding carboxylic acids is 3. The predicted octanol–water partition coefficient (Wildman–Crippen LogP) is 3.32. The molecule has 0 bridgehead atoms. The van der Waals surface area contributed by atoms with Crippen molar-refractivity contribution >= 4 is 17.8 Å². The van der Waals surface area contributed by atoms with Crippen LogP contribution in [0, 0.1) is 11.8 Å². The fourth-order valence-electron chi connectivity index (χ4n) is 5.13. The minimum absolute atomic E-state index is 0.0450. The van der Waals surface area contributed by atoms with Crippen LogP contribution in [0.4, 0.5) is 0 Å². The highest BCUT2D eigenvalue weighted by atomic mass is 16.6. The first-order chi connectivity index (χ1) is 16.0. The van der Waals surface area contributed by atoms with Crippen LogP contribution in [0.5, 0.6) is 0 Å². The Kier molecular flexibility index (Phi) is 10.1. The minimum atomic E-state index is -0.616. The fourth-order valence-corrected chi connectivity index (χ4v) is 5.13. The van der Waals surface area contributed by atoms with E-state index in [2.05, 4.69) is 34.6 Å². The summed E-state index contributed by atoms with van der Waals surface area (Å²) in [5, 5.41) is 5.84. The lowest BCUT2D eigenvalue weighted by molar-refractivity contribution is -0.161. The van der Waals surface area contributed by atoms with Crippen molar-refractivity contribution in [3.8, 4) is 0 Å². The SMILES string of the molecule is CCC[C@@H](C(C)NC(C)=O)[C@H](Cc1ccccc1)N1CC(C(=O)NC)CC1C(=O)OC(C)(C)C. The fraction of sp³-hybridized carbons (Fsp3) is 0.667. The second-order valence-corrected chi connectivity index (χ2v) is 10.5. The van der Waals surface area contributed by atoms with Crippen molar-refractivity contribution in [3.05, 3.63) is 35.9 Å². The van der Waals surface area contributed by atoms with E-state index >= 15 is 0 Å². The zero-order valence-corrected chi connectivity index (χ0v) is 21.9. The average molecular weight is 474 g/mol. The van der Waals surface area contributed by atoms with Gasteiger partial charge in [-0.05, 0) is 58.4 Å². The van der Waals surface area contributed by atoms with Gasteiger partial charge in [0.1, 0.15) is 11.6 Å². The molecular formula is C27H43N3O4. The molecule has 0 spiro atoms. The van der Waals surface area contributed by atoms with E-state index in [0.717, 1.165) is 24.8 Å². The van der Waals surface area contributed by atoms with Crippen LogP contribution in [0.1, 0.15) is 66.4 Å². The molecule has 7 heteroatoms. The molecule has 1 aromatic rings. The van der Waals surface area contributed by atoms with E-state index < -0.39 is 11.6 Å². The molecule has 1 saturated heterocycles. The number of amides is 2. The number of benzene rings is 1. The Hall–Kier alpha value is -2.41. The van der Waals surface area contributed by atoms with Crippen LogP contribution in [0.15, 0.2) is 30.3 Å². The Morgan fingerprint density at radius 3 is 2.35 bits per heavy atom. The summed E-state index contributed by atoms with van der Waals surface area (Å²) in [6.07, 6.45) is 2.98. The Morgan fingerprint density at radius 2 is 1.82 bits per heavy atom. The van der Waals surface area contributed by atoms with Crippen LogP contribution in [-0.2, 0) is 25.5 Å². The molecule has 0 saturated carbocycles. The van der Waals surface area contributed by atoms with Gasteiger partial charge in [-0.2, -0.15) is 0 Å². The summed E-state index contributed by atoms with van der Waals surface area (Å²) < 4.78 is 5.80. The Balaban J connectivity index is 2.50. The molecule has 2 rings (SSSR count). The number of carbonyl (C=O) groups is 3. The lowest BCUT2D eigenvalue weighted by atomic mass is 9.83. The third-order valence-electron chi connectivity index (χ3n) is 6.54. The van der Waals surface area contributed by atoms with Gasteiger partial charge in [0.25, 0.3) is 0 Å². The maximum Gasteiger partial charge on any atom is 0.323 e. The van der Waals surface area contributed by atoms with Gasteiger partial charge < -0.3 is 15.4 Å². The summed E-state index contributed by atoms with van der Waals surface area (Å²) in [6, 6.07) is 9.56. The van der Waals surface area contributed by atoms with Crippen LogP contribution >= 0.6 is 0 Å². The van der Waals surface area contributed by atoms with Crippen LogP contribution in [0.25, 0.3) is 0 Å². The lowest BCUT2D eigenvalue weighted by Crippen LogP contribution is -2.54. The third kappa shape index (κ3) is 7.83. The lowest BCUT2D eigenvalue weighted by Gasteiger charge is -2.41. The highest BCUT2D eigenvalue weighted by molar-refractivity contribution is 5.82. The van der Waals surface area contributed by atoms with E-state index in [4.69, 9.17) is 4.74 Å². The van der Waals surface area contributed by atoms with E-state index in [1.807, 2.05) is 45.9 Å². The van der Waals surface area contributed by atoms with Crippen molar-refractivity contribution in [3.63, 3.8) is 0 Å². The molecule has 190 valence electrons. The van der Waals surface area contributed by atoms with Crippen LogP contribution in [-0.4, -0.2) is 60.0 Å². The normalized spacial score (nSPS) is 21.4. The molecule has 0 aliphatic carbocycles. The minimum Gasteiger partial charge on any atom is -0.459 e. The average Bonchev–Trinajstić information content (AvgIpc) is 3.20. The van der Waals surface area contributed by atoms with Crippen molar-refractivity contribution in [1.29, 1.82) is 0 Å². The molecule has 3 unspecified atom stereocenters. The molecule has 0 radical (unpaired) electrons. The highest BCUT2D eigenvalue weighted by Gasteiger charge is 2.46. The summed E-state index contributed by atoms with van der Waals surface area (Å²) in [7, 11) is 1.63. The molecule has 7 nitrogen and oxygen atoms in total. The van der Waals surface area contributed by atoms with E-state index in [1.165, 1.54) is 6.92 Å². The maximum absolute atomic E-state index is 13.3. The highest BCUT2D eigenvalue weighted by Crippen LogP contribution is 2.34. The van der Waals surface area contributed by atoms with Crippen molar-refractivity contribution in [2.45, 2.75) is 91.0 Å². The summed E-state index contributed by atoms with van der Waals surface area (Å²) in [4.78, 5) is 40.1. The molecule has 1 fully saturated rings. The van der Waals surface area contributed by atoms with Crippen LogP contribution in [0.3, 0.4) is 0 Å². The van der Waals surface area contributed by atoms with Gasteiger partial charge >= 0.3 is 5.97 Å². The monoisotopic (exact) mass is 473 g/mol. The Bertz CT molecular complexity index is 821. The molecular weight excluding hydrogens is 430 g/mol. The molecule has 1 aromatic carbocycles. The van der Waals surface area contributed by atoms with E-state index in [0.29, 0.717) is 13.0 Å². The second kappa shape index (κ2) is 12.3. The van der Waals surface area contributed by atoms with Gasteiger partial charge in [-0.1, -0.05) is 43.7 Å². The zero-order valence-electron chi connectivity index (χ0n) is 21.9. The van der Waals surface area contributed by atoms with Gasteiger partial charge in [-0.25, -0.2) is 0 Å². The molecule has 0 aromatic heterocycles. The van der Waals surface area contributed by atoms with Gasteiger partial charge in [0.05, 0.1) is 5.92 Å². The molecule has 2 amide bonds. The van der Waals surface area contributed by atoms with Crippen molar-refractivity contribution < 1.29 is 19.1 Å². The molecule has 34 heavy (non-hydrogen) atoms. The van der Waals surface area contributed by atoms with E-state index in [-0.39, 0.29) is 41.7 Å². The first-order valence-electron chi connectivity index (χ1n) is 12.5. The van der Waals surface area contributed by atoms with Crippen LogP contribution < -0.4 is 10.6 Å². The van der Waals surface area contributed by atoms with Crippen molar-refractivity contribution in [2.75, 3.05) is 13.6 Å². The number of nitrogens with zero attached hydrogens (tertiary/aromatic N) is 1. The smallest absolute Gasteiger partial charge is 0.323 e. The first kappa shape index (κ1) is 27.8. The van der Waals surface area contributed by atoms with Crippen LogP contribution in [0.2, 0.25) is 0 Å². The zero-order chi connectivity index (χ0) is 25.5. The van der Waals surface area contributed by atoms with Gasteiger partial charge in [0.15, 0.2) is 0 Å². The predicted molar refractivity (Wildman–Crippen MR) is 134 cm³/mol. The van der Waals surface area contributed by atoms with Crippen molar-refractivity contribution in [1.82, 2.24) is 15.5 Å². The van der Waals surface area contributed by atoms with E-state index in [9.17, 15) is 14.4 Å². The Morgan fingerprint density at radius 1 is 1.18 bits per heavy atom.